The van der Waals surface area contributed by atoms with Gasteiger partial charge in [0.1, 0.15) is 0 Å². The lowest BCUT2D eigenvalue weighted by atomic mass is 9.84. The van der Waals surface area contributed by atoms with Crippen LogP contribution in [-0.2, 0) is 9.53 Å². The lowest BCUT2D eigenvalue weighted by Crippen LogP contribution is -2.35. The predicted molar refractivity (Wildman–Crippen MR) is 42.5 cm³/mol. The van der Waals surface area contributed by atoms with E-state index < -0.39 is 12.1 Å². The molecule has 0 aromatic heterocycles. The number of carbonyl (C=O) groups is 1. The molecule has 4 heteroatoms. The van der Waals surface area contributed by atoms with Gasteiger partial charge in [0, 0.05) is 6.54 Å². The standard InChI is InChI=1S/C8H14FNO2/c1-12-7(11)8(2-4-9)3-5-10-6-8/h10H,2-6H2,1H3. The number of nitrogens with one attached hydrogen (secondary N) is 1. The molecule has 1 aliphatic heterocycles. The maximum absolute atomic E-state index is 12.2. The van der Waals surface area contributed by atoms with Gasteiger partial charge in [-0.3, -0.25) is 9.18 Å². The van der Waals surface area contributed by atoms with Gasteiger partial charge in [-0.05, 0) is 19.4 Å². The molecular weight excluding hydrogens is 161 g/mol. The monoisotopic (exact) mass is 175 g/mol. The normalized spacial score (nSPS) is 28.8. The van der Waals surface area contributed by atoms with Crippen molar-refractivity contribution in [3.63, 3.8) is 0 Å². The van der Waals surface area contributed by atoms with Crippen molar-refractivity contribution < 1.29 is 13.9 Å². The smallest absolute Gasteiger partial charge is 0.313 e. The van der Waals surface area contributed by atoms with E-state index in [1.807, 2.05) is 0 Å². The van der Waals surface area contributed by atoms with Gasteiger partial charge >= 0.3 is 5.97 Å². The second-order valence-electron chi connectivity index (χ2n) is 3.14. The highest BCUT2D eigenvalue weighted by atomic mass is 19.1. The van der Waals surface area contributed by atoms with Crippen molar-refractivity contribution >= 4 is 5.97 Å². The molecule has 12 heavy (non-hydrogen) atoms. The van der Waals surface area contributed by atoms with Crippen LogP contribution in [0.2, 0.25) is 0 Å². The number of ether oxygens (including phenoxy) is 1. The van der Waals surface area contributed by atoms with Crippen LogP contribution in [0.4, 0.5) is 4.39 Å². The Labute approximate surface area is 71.3 Å². The molecule has 70 valence electrons. The molecule has 1 N–H and O–H groups in total. The number of esters is 1. The molecule has 1 heterocycles. The van der Waals surface area contributed by atoms with Gasteiger partial charge in [0.05, 0.1) is 19.2 Å². The summed E-state index contributed by atoms with van der Waals surface area (Å²) in [5, 5.41) is 3.05. The van der Waals surface area contributed by atoms with E-state index in [4.69, 9.17) is 0 Å². The molecular formula is C8H14FNO2. The minimum atomic E-state index is -0.594. The summed E-state index contributed by atoms with van der Waals surface area (Å²) in [6.07, 6.45) is 0.955. The summed E-state index contributed by atoms with van der Waals surface area (Å²) in [5.41, 5.74) is -0.594. The maximum Gasteiger partial charge on any atom is 0.313 e. The fourth-order valence-electron chi connectivity index (χ4n) is 1.63. The van der Waals surface area contributed by atoms with Gasteiger partial charge < -0.3 is 10.1 Å². The summed E-state index contributed by atoms with van der Waals surface area (Å²) in [7, 11) is 1.35. The zero-order valence-electron chi connectivity index (χ0n) is 7.23. The summed E-state index contributed by atoms with van der Waals surface area (Å²) in [6, 6.07) is 0. The fraction of sp³-hybridized carbons (Fsp3) is 0.875. The second-order valence-corrected chi connectivity index (χ2v) is 3.14. The minimum absolute atomic E-state index is 0.271. The second kappa shape index (κ2) is 3.85. The summed E-state index contributed by atoms with van der Waals surface area (Å²) < 4.78 is 16.8. The van der Waals surface area contributed by atoms with Crippen molar-refractivity contribution in [1.82, 2.24) is 5.32 Å². The highest BCUT2D eigenvalue weighted by molar-refractivity contribution is 5.77. The van der Waals surface area contributed by atoms with Crippen molar-refractivity contribution in [2.45, 2.75) is 12.8 Å². The van der Waals surface area contributed by atoms with Gasteiger partial charge in [-0.25, -0.2) is 0 Å². The quantitative estimate of drug-likeness (QED) is 0.635. The topological polar surface area (TPSA) is 38.3 Å². The molecule has 0 radical (unpaired) electrons. The molecule has 0 aromatic rings. The Kier molecular flexibility index (Phi) is 3.03. The molecule has 1 unspecified atom stereocenters. The number of carbonyl (C=O) groups excluding carboxylic acids is 1. The lowest BCUT2D eigenvalue weighted by Gasteiger charge is -2.23. The van der Waals surface area contributed by atoms with Crippen LogP contribution in [0.5, 0.6) is 0 Å². The van der Waals surface area contributed by atoms with Gasteiger partial charge in [0.2, 0.25) is 0 Å². The van der Waals surface area contributed by atoms with Crippen LogP contribution in [0, 0.1) is 5.41 Å². The molecule has 1 rings (SSSR count). The zero-order valence-corrected chi connectivity index (χ0v) is 7.23. The van der Waals surface area contributed by atoms with Crippen molar-refractivity contribution in [2.24, 2.45) is 5.41 Å². The molecule has 1 saturated heterocycles. The summed E-state index contributed by atoms with van der Waals surface area (Å²) in [6.45, 7) is 0.857. The largest absolute Gasteiger partial charge is 0.469 e. The summed E-state index contributed by atoms with van der Waals surface area (Å²) >= 11 is 0. The van der Waals surface area contributed by atoms with Crippen molar-refractivity contribution in [3.05, 3.63) is 0 Å². The Balaban J connectivity index is 2.64. The number of hydrogen-bond acceptors (Lipinski definition) is 3. The van der Waals surface area contributed by atoms with Crippen LogP contribution in [0.15, 0.2) is 0 Å². The molecule has 0 amide bonds. The van der Waals surface area contributed by atoms with Gasteiger partial charge in [-0.2, -0.15) is 0 Å². The Hall–Kier alpha value is -0.640. The average Bonchev–Trinajstić information content (AvgIpc) is 2.53. The van der Waals surface area contributed by atoms with Crippen LogP contribution in [0.3, 0.4) is 0 Å². The van der Waals surface area contributed by atoms with E-state index >= 15 is 0 Å². The first-order valence-electron chi connectivity index (χ1n) is 4.10. The van der Waals surface area contributed by atoms with Crippen molar-refractivity contribution in [1.29, 1.82) is 0 Å². The highest BCUT2D eigenvalue weighted by Crippen LogP contribution is 2.30. The fourth-order valence-corrected chi connectivity index (χ4v) is 1.63. The number of hydrogen-bond donors (Lipinski definition) is 1. The molecule has 0 spiro atoms. The molecule has 1 fully saturated rings. The first-order valence-corrected chi connectivity index (χ1v) is 4.10. The minimum Gasteiger partial charge on any atom is -0.469 e. The van der Waals surface area contributed by atoms with Gasteiger partial charge in [-0.1, -0.05) is 0 Å². The number of alkyl halides is 1. The van der Waals surface area contributed by atoms with Gasteiger partial charge in [0.25, 0.3) is 0 Å². The predicted octanol–water partition coefficient (Wildman–Crippen LogP) is 0.499. The van der Waals surface area contributed by atoms with E-state index in [1.54, 1.807) is 0 Å². The Morgan fingerprint density at radius 2 is 2.50 bits per heavy atom. The van der Waals surface area contributed by atoms with Crippen LogP contribution in [-0.4, -0.2) is 32.8 Å². The van der Waals surface area contributed by atoms with Crippen LogP contribution >= 0.6 is 0 Å². The summed E-state index contributed by atoms with van der Waals surface area (Å²) in [5.74, 6) is -0.287. The third-order valence-electron chi connectivity index (χ3n) is 2.44. The first kappa shape index (κ1) is 9.45. The Bertz CT molecular complexity index is 166. The lowest BCUT2D eigenvalue weighted by molar-refractivity contribution is -0.152. The highest BCUT2D eigenvalue weighted by Gasteiger charge is 2.41. The van der Waals surface area contributed by atoms with E-state index in [-0.39, 0.29) is 12.4 Å². The molecule has 1 atom stereocenters. The van der Waals surface area contributed by atoms with E-state index in [2.05, 4.69) is 10.1 Å². The maximum atomic E-state index is 12.2. The van der Waals surface area contributed by atoms with Gasteiger partial charge in [0.15, 0.2) is 0 Å². The third-order valence-corrected chi connectivity index (χ3v) is 2.44. The van der Waals surface area contributed by atoms with Gasteiger partial charge in [-0.15, -0.1) is 0 Å². The number of halogens is 1. The Morgan fingerprint density at radius 3 is 2.92 bits per heavy atom. The zero-order chi connectivity index (χ0) is 9.03. The molecule has 3 nitrogen and oxygen atoms in total. The molecule has 0 bridgehead atoms. The number of rotatable bonds is 3. The molecule has 0 aromatic carbocycles. The van der Waals surface area contributed by atoms with E-state index in [0.29, 0.717) is 13.0 Å². The third kappa shape index (κ3) is 1.58. The van der Waals surface area contributed by atoms with Crippen LogP contribution in [0.25, 0.3) is 0 Å². The van der Waals surface area contributed by atoms with Crippen LogP contribution < -0.4 is 5.32 Å². The molecule has 1 aliphatic rings. The first-order chi connectivity index (χ1) is 5.75. The van der Waals surface area contributed by atoms with Crippen molar-refractivity contribution in [2.75, 3.05) is 26.9 Å². The summed E-state index contributed by atoms with van der Waals surface area (Å²) in [4.78, 5) is 11.3. The van der Waals surface area contributed by atoms with E-state index in [0.717, 1.165) is 6.54 Å². The van der Waals surface area contributed by atoms with E-state index in [9.17, 15) is 9.18 Å². The molecule has 0 saturated carbocycles. The Morgan fingerprint density at radius 1 is 1.75 bits per heavy atom. The SMILES string of the molecule is COC(=O)C1(CCF)CCNC1. The van der Waals surface area contributed by atoms with Crippen LogP contribution in [0.1, 0.15) is 12.8 Å². The number of methoxy groups -OCH3 is 1. The van der Waals surface area contributed by atoms with E-state index in [1.165, 1.54) is 7.11 Å². The molecule has 0 aliphatic carbocycles. The average molecular weight is 175 g/mol. The van der Waals surface area contributed by atoms with Crippen molar-refractivity contribution in [3.8, 4) is 0 Å².